The Morgan fingerprint density at radius 2 is 1.89 bits per heavy atom. The first-order valence-electron chi connectivity index (χ1n) is 5.57. The first-order chi connectivity index (χ1) is 8.84. The molecule has 0 aliphatic rings. The molecule has 3 aromatic heterocycles. The van der Waals surface area contributed by atoms with Crippen LogP contribution in [0, 0.1) is 0 Å². The summed E-state index contributed by atoms with van der Waals surface area (Å²) < 4.78 is 1.87. The molecular weight excluding hydrogens is 250 g/mol. The summed E-state index contributed by atoms with van der Waals surface area (Å²) in [6, 6.07) is 4.00. The molecule has 0 fully saturated rings. The Morgan fingerprint density at radius 1 is 1.06 bits per heavy atom. The lowest BCUT2D eigenvalue weighted by Crippen LogP contribution is -1.98. The topological polar surface area (TPSA) is 56.0 Å². The van der Waals surface area contributed by atoms with Crippen molar-refractivity contribution in [3.8, 4) is 0 Å². The van der Waals surface area contributed by atoms with Crippen molar-refractivity contribution in [3.63, 3.8) is 0 Å². The van der Waals surface area contributed by atoms with Crippen molar-refractivity contribution >= 4 is 17.2 Å². The van der Waals surface area contributed by atoms with Crippen molar-refractivity contribution in [1.82, 2.24) is 24.6 Å². The predicted octanol–water partition coefficient (Wildman–Crippen LogP) is 1.96. The molecule has 0 saturated heterocycles. The quantitative estimate of drug-likeness (QED) is 0.722. The molecule has 0 aliphatic carbocycles. The van der Waals surface area contributed by atoms with E-state index in [0.29, 0.717) is 10.8 Å². The molecule has 90 valence electrons. The van der Waals surface area contributed by atoms with Crippen LogP contribution in [0.4, 0.5) is 0 Å². The Hall–Kier alpha value is -2.01. The van der Waals surface area contributed by atoms with Crippen LogP contribution in [0.2, 0.25) is 5.15 Å². The van der Waals surface area contributed by atoms with Gasteiger partial charge in [-0.3, -0.25) is 9.38 Å². The molecule has 0 unspecified atom stereocenters. The Balaban J connectivity index is 1.85. The average Bonchev–Trinajstić information content (AvgIpc) is 2.82. The van der Waals surface area contributed by atoms with E-state index in [1.54, 1.807) is 18.6 Å². The lowest BCUT2D eigenvalue weighted by atomic mass is 10.1. The molecule has 0 aliphatic heterocycles. The van der Waals surface area contributed by atoms with Crippen LogP contribution < -0.4 is 0 Å². The zero-order chi connectivity index (χ0) is 12.4. The first-order valence-corrected chi connectivity index (χ1v) is 5.95. The second-order valence-corrected chi connectivity index (χ2v) is 4.24. The largest absolute Gasteiger partial charge is 0.282 e. The fourth-order valence-corrected chi connectivity index (χ4v) is 2.01. The SMILES string of the molecule is Clc1nccn2c(CCc3ccncc3)nnc12. The number of hydrogen-bond acceptors (Lipinski definition) is 4. The zero-order valence-corrected chi connectivity index (χ0v) is 10.2. The van der Waals surface area contributed by atoms with Gasteiger partial charge in [-0.2, -0.15) is 0 Å². The predicted molar refractivity (Wildman–Crippen MR) is 67.4 cm³/mol. The minimum atomic E-state index is 0.375. The van der Waals surface area contributed by atoms with Gasteiger partial charge in [-0.05, 0) is 24.1 Å². The summed E-state index contributed by atoms with van der Waals surface area (Å²) in [6.45, 7) is 0. The third-order valence-electron chi connectivity index (χ3n) is 2.74. The maximum atomic E-state index is 5.94. The monoisotopic (exact) mass is 259 g/mol. The molecule has 0 saturated carbocycles. The van der Waals surface area contributed by atoms with E-state index in [1.165, 1.54) is 5.56 Å². The van der Waals surface area contributed by atoms with Crippen LogP contribution in [0.3, 0.4) is 0 Å². The summed E-state index contributed by atoms with van der Waals surface area (Å²) in [5.41, 5.74) is 1.82. The number of aromatic nitrogens is 5. The molecule has 18 heavy (non-hydrogen) atoms. The third kappa shape index (κ3) is 2.04. The Labute approximate surface area is 108 Å². The number of hydrogen-bond donors (Lipinski definition) is 0. The van der Waals surface area contributed by atoms with E-state index in [4.69, 9.17) is 11.6 Å². The highest BCUT2D eigenvalue weighted by molar-refractivity contribution is 6.32. The number of fused-ring (bicyclic) bond motifs is 1. The fraction of sp³-hybridized carbons (Fsp3) is 0.167. The standard InChI is InChI=1S/C12H10ClN5/c13-11-12-17-16-10(18(12)8-7-15-11)2-1-9-3-5-14-6-4-9/h3-8H,1-2H2. The summed E-state index contributed by atoms with van der Waals surface area (Å²) in [7, 11) is 0. The molecule has 0 spiro atoms. The minimum absolute atomic E-state index is 0.375. The van der Waals surface area contributed by atoms with Crippen molar-refractivity contribution in [1.29, 1.82) is 0 Å². The van der Waals surface area contributed by atoms with Crippen LogP contribution in [0.5, 0.6) is 0 Å². The maximum Gasteiger partial charge on any atom is 0.198 e. The fourth-order valence-electron chi connectivity index (χ4n) is 1.82. The normalized spacial score (nSPS) is 10.9. The summed E-state index contributed by atoms with van der Waals surface area (Å²) in [4.78, 5) is 7.97. The van der Waals surface area contributed by atoms with Gasteiger partial charge in [-0.25, -0.2) is 4.98 Å². The first kappa shape index (κ1) is 11.1. The summed E-state index contributed by atoms with van der Waals surface area (Å²) >= 11 is 5.94. The number of nitrogens with zero attached hydrogens (tertiary/aromatic N) is 5. The molecule has 6 heteroatoms. The van der Waals surface area contributed by atoms with Crippen molar-refractivity contribution < 1.29 is 0 Å². The van der Waals surface area contributed by atoms with Crippen molar-refractivity contribution in [2.45, 2.75) is 12.8 Å². The van der Waals surface area contributed by atoms with E-state index in [1.807, 2.05) is 22.7 Å². The molecular formula is C12H10ClN5. The highest BCUT2D eigenvalue weighted by atomic mass is 35.5. The molecule has 3 rings (SSSR count). The smallest absolute Gasteiger partial charge is 0.198 e. The molecule has 3 heterocycles. The van der Waals surface area contributed by atoms with Crippen molar-refractivity contribution in [2.75, 3.05) is 0 Å². The Kier molecular flexibility index (Phi) is 2.90. The highest BCUT2D eigenvalue weighted by Gasteiger charge is 2.08. The number of pyridine rings is 1. The van der Waals surface area contributed by atoms with Crippen LogP contribution in [-0.2, 0) is 12.8 Å². The van der Waals surface area contributed by atoms with Crippen LogP contribution in [0.1, 0.15) is 11.4 Å². The van der Waals surface area contributed by atoms with Gasteiger partial charge in [0.15, 0.2) is 10.8 Å². The van der Waals surface area contributed by atoms with Gasteiger partial charge in [0.1, 0.15) is 5.82 Å². The van der Waals surface area contributed by atoms with E-state index in [0.717, 1.165) is 18.7 Å². The molecule has 5 nitrogen and oxygen atoms in total. The second-order valence-electron chi connectivity index (χ2n) is 3.88. The van der Waals surface area contributed by atoms with Gasteiger partial charge in [0.05, 0.1) is 0 Å². The molecule has 3 aromatic rings. The molecule has 0 aromatic carbocycles. The lowest BCUT2D eigenvalue weighted by Gasteiger charge is -2.00. The van der Waals surface area contributed by atoms with Crippen LogP contribution >= 0.6 is 11.6 Å². The molecule has 0 N–H and O–H groups in total. The third-order valence-corrected chi connectivity index (χ3v) is 3.01. The Morgan fingerprint density at radius 3 is 2.72 bits per heavy atom. The molecule has 0 amide bonds. The average molecular weight is 260 g/mol. The number of aryl methyl sites for hydroxylation is 2. The number of rotatable bonds is 3. The van der Waals surface area contributed by atoms with Crippen LogP contribution in [0.15, 0.2) is 36.9 Å². The number of halogens is 1. The van der Waals surface area contributed by atoms with E-state index in [2.05, 4.69) is 20.2 Å². The van der Waals surface area contributed by atoms with Crippen molar-refractivity contribution in [3.05, 3.63) is 53.5 Å². The van der Waals surface area contributed by atoms with Crippen molar-refractivity contribution in [2.24, 2.45) is 0 Å². The lowest BCUT2D eigenvalue weighted by molar-refractivity contribution is 0.836. The molecule has 0 radical (unpaired) electrons. The van der Waals surface area contributed by atoms with Gasteiger partial charge in [0, 0.05) is 31.2 Å². The van der Waals surface area contributed by atoms with Gasteiger partial charge in [0.2, 0.25) is 0 Å². The van der Waals surface area contributed by atoms with E-state index in [-0.39, 0.29) is 0 Å². The van der Waals surface area contributed by atoms with Gasteiger partial charge in [-0.1, -0.05) is 11.6 Å². The van der Waals surface area contributed by atoms with Gasteiger partial charge < -0.3 is 0 Å². The zero-order valence-electron chi connectivity index (χ0n) is 9.49. The molecule has 0 atom stereocenters. The summed E-state index contributed by atoms with van der Waals surface area (Å²) in [5, 5.41) is 8.56. The molecule has 0 bridgehead atoms. The highest BCUT2D eigenvalue weighted by Crippen LogP contribution is 2.13. The second kappa shape index (κ2) is 4.70. The Bertz CT molecular complexity index is 665. The van der Waals surface area contributed by atoms with Crippen LogP contribution in [0.25, 0.3) is 5.65 Å². The maximum absolute atomic E-state index is 5.94. The summed E-state index contributed by atoms with van der Waals surface area (Å²) in [5.74, 6) is 0.881. The van der Waals surface area contributed by atoms with E-state index >= 15 is 0 Å². The minimum Gasteiger partial charge on any atom is -0.282 e. The van der Waals surface area contributed by atoms with Gasteiger partial charge >= 0.3 is 0 Å². The summed E-state index contributed by atoms with van der Waals surface area (Å²) in [6.07, 6.45) is 8.74. The van der Waals surface area contributed by atoms with E-state index in [9.17, 15) is 0 Å². The van der Waals surface area contributed by atoms with Gasteiger partial charge in [0.25, 0.3) is 0 Å². The van der Waals surface area contributed by atoms with Crippen LogP contribution in [-0.4, -0.2) is 24.6 Å². The van der Waals surface area contributed by atoms with E-state index < -0.39 is 0 Å². The van der Waals surface area contributed by atoms with Gasteiger partial charge in [-0.15, -0.1) is 10.2 Å².